The van der Waals surface area contributed by atoms with Crippen LogP contribution in [0.2, 0.25) is 0 Å². The molecule has 1 rings (SSSR count). The Morgan fingerprint density at radius 1 is 1.62 bits per heavy atom. The Morgan fingerprint density at radius 2 is 2.38 bits per heavy atom. The Kier molecular flexibility index (Phi) is 1.51. The van der Waals surface area contributed by atoms with Gasteiger partial charge in [-0.3, -0.25) is 4.99 Å². The maximum absolute atomic E-state index is 4.11. The van der Waals surface area contributed by atoms with E-state index in [4.69, 9.17) is 0 Å². The summed E-state index contributed by atoms with van der Waals surface area (Å²) in [6.45, 7) is 1.19. The fourth-order valence-electron chi connectivity index (χ4n) is 1.08. The number of hydrogen-bond acceptors (Lipinski definition) is 1. The molecular formula is C6H12N2. The summed E-state index contributed by atoms with van der Waals surface area (Å²) in [5.74, 6) is 1.25. The highest BCUT2D eigenvalue weighted by atomic mass is 15.2. The molecule has 0 spiro atoms. The molecular weight excluding hydrogens is 100 g/mol. The standard InChI is InChI=1S/C6H12N2/c1-7-6-4-3-5-8(6)2/h3-5H2,1-2H3. The Hall–Kier alpha value is -0.530. The van der Waals surface area contributed by atoms with Crippen molar-refractivity contribution in [3.05, 3.63) is 0 Å². The first-order valence-corrected chi connectivity index (χ1v) is 3.01. The second-order valence-corrected chi connectivity index (χ2v) is 2.16. The number of hydrogen-bond donors (Lipinski definition) is 0. The van der Waals surface area contributed by atoms with Crippen LogP contribution in [0.3, 0.4) is 0 Å². The van der Waals surface area contributed by atoms with Crippen molar-refractivity contribution in [1.29, 1.82) is 0 Å². The number of rotatable bonds is 0. The molecule has 0 N–H and O–H groups in total. The van der Waals surface area contributed by atoms with Crippen molar-refractivity contribution in [2.24, 2.45) is 4.99 Å². The van der Waals surface area contributed by atoms with Crippen LogP contribution in [-0.4, -0.2) is 31.4 Å². The molecule has 0 amide bonds. The van der Waals surface area contributed by atoms with Gasteiger partial charge in [-0.05, 0) is 6.42 Å². The quantitative estimate of drug-likeness (QED) is 0.451. The Labute approximate surface area is 50.2 Å². The molecule has 0 aromatic heterocycles. The zero-order valence-corrected chi connectivity index (χ0v) is 5.52. The summed E-state index contributed by atoms with van der Waals surface area (Å²) in [7, 11) is 3.95. The van der Waals surface area contributed by atoms with Gasteiger partial charge in [0.15, 0.2) is 0 Å². The molecule has 0 bridgehead atoms. The molecule has 1 fully saturated rings. The summed E-state index contributed by atoms with van der Waals surface area (Å²) in [6, 6.07) is 0. The molecule has 1 heterocycles. The smallest absolute Gasteiger partial charge is 0.0983 e. The van der Waals surface area contributed by atoms with Crippen molar-refractivity contribution in [2.45, 2.75) is 12.8 Å². The Morgan fingerprint density at radius 3 is 2.62 bits per heavy atom. The van der Waals surface area contributed by atoms with Gasteiger partial charge in [-0.1, -0.05) is 0 Å². The molecule has 0 aromatic rings. The average Bonchev–Trinajstić information content (AvgIpc) is 2.14. The van der Waals surface area contributed by atoms with Gasteiger partial charge >= 0.3 is 0 Å². The normalized spacial score (nSPS) is 25.2. The van der Waals surface area contributed by atoms with Crippen LogP contribution >= 0.6 is 0 Å². The van der Waals surface area contributed by atoms with Gasteiger partial charge in [0, 0.05) is 27.1 Å². The summed E-state index contributed by atoms with van der Waals surface area (Å²) in [5, 5.41) is 0. The molecule has 2 heteroatoms. The van der Waals surface area contributed by atoms with Crippen molar-refractivity contribution in [2.75, 3.05) is 20.6 Å². The molecule has 1 aliphatic heterocycles. The van der Waals surface area contributed by atoms with Crippen LogP contribution in [0.5, 0.6) is 0 Å². The third kappa shape index (κ3) is 0.831. The van der Waals surface area contributed by atoms with E-state index in [1.165, 1.54) is 25.2 Å². The molecule has 0 unspecified atom stereocenters. The highest BCUT2D eigenvalue weighted by Crippen LogP contribution is 2.07. The lowest BCUT2D eigenvalue weighted by Gasteiger charge is -2.08. The van der Waals surface area contributed by atoms with E-state index in [1.807, 2.05) is 7.05 Å². The first kappa shape index (κ1) is 5.60. The minimum absolute atomic E-state index is 1.17. The largest absolute Gasteiger partial charge is 0.363 e. The number of aliphatic imine (C=N–C) groups is 1. The maximum atomic E-state index is 4.11. The van der Waals surface area contributed by atoms with Gasteiger partial charge in [0.1, 0.15) is 0 Å². The lowest BCUT2D eigenvalue weighted by Crippen LogP contribution is -2.18. The van der Waals surface area contributed by atoms with E-state index >= 15 is 0 Å². The molecule has 0 aliphatic carbocycles. The molecule has 1 saturated heterocycles. The van der Waals surface area contributed by atoms with Gasteiger partial charge in [0.25, 0.3) is 0 Å². The second kappa shape index (κ2) is 2.16. The van der Waals surface area contributed by atoms with E-state index in [0.717, 1.165) is 0 Å². The van der Waals surface area contributed by atoms with Crippen molar-refractivity contribution in [3.63, 3.8) is 0 Å². The van der Waals surface area contributed by atoms with Crippen LogP contribution in [0.15, 0.2) is 4.99 Å². The van der Waals surface area contributed by atoms with Crippen LogP contribution in [0, 0.1) is 0 Å². The van der Waals surface area contributed by atoms with Crippen molar-refractivity contribution >= 4 is 5.84 Å². The van der Waals surface area contributed by atoms with Gasteiger partial charge in [0.2, 0.25) is 0 Å². The number of likely N-dealkylation sites (tertiary alicyclic amines) is 1. The zero-order valence-electron chi connectivity index (χ0n) is 5.52. The Bertz CT molecular complexity index is 107. The molecule has 8 heavy (non-hydrogen) atoms. The van der Waals surface area contributed by atoms with Crippen molar-refractivity contribution in [1.82, 2.24) is 4.90 Å². The van der Waals surface area contributed by atoms with Crippen LogP contribution in [-0.2, 0) is 0 Å². The van der Waals surface area contributed by atoms with Gasteiger partial charge in [-0.15, -0.1) is 0 Å². The Balaban J connectivity index is 2.55. The first-order valence-electron chi connectivity index (χ1n) is 3.01. The topological polar surface area (TPSA) is 15.6 Å². The first-order chi connectivity index (χ1) is 3.84. The lowest BCUT2D eigenvalue weighted by molar-refractivity contribution is 0.549. The van der Waals surface area contributed by atoms with E-state index in [0.29, 0.717) is 0 Å². The predicted molar refractivity (Wildman–Crippen MR) is 35.2 cm³/mol. The predicted octanol–water partition coefficient (Wildman–Crippen LogP) is 0.740. The monoisotopic (exact) mass is 112 g/mol. The fourth-order valence-corrected chi connectivity index (χ4v) is 1.08. The third-order valence-electron chi connectivity index (χ3n) is 1.59. The van der Waals surface area contributed by atoms with Crippen LogP contribution in [0.4, 0.5) is 0 Å². The van der Waals surface area contributed by atoms with Crippen LogP contribution in [0.1, 0.15) is 12.8 Å². The van der Waals surface area contributed by atoms with Gasteiger partial charge in [-0.2, -0.15) is 0 Å². The second-order valence-electron chi connectivity index (χ2n) is 2.16. The molecule has 1 aliphatic rings. The summed E-state index contributed by atoms with van der Waals surface area (Å²) in [4.78, 5) is 6.32. The summed E-state index contributed by atoms with van der Waals surface area (Å²) in [5.41, 5.74) is 0. The van der Waals surface area contributed by atoms with Crippen molar-refractivity contribution in [3.8, 4) is 0 Å². The zero-order chi connectivity index (χ0) is 5.98. The summed E-state index contributed by atoms with van der Waals surface area (Å²) >= 11 is 0. The minimum Gasteiger partial charge on any atom is -0.363 e. The van der Waals surface area contributed by atoms with Crippen molar-refractivity contribution < 1.29 is 0 Å². The summed E-state index contributed by atoms with van der Waals surface area (Å²) < 4.78 is 0. The highest BCUT2D eigenvalue weighted by Gasteiger charge is 2.11. The molecule has 0 saturated carbocycles. The van der Waals surface area contributed by atoms with E-state index in [1.54, 1.807) is 0 Å². The maximum Gasteiger partial charge on any atom is 0.0983 e. The van der Waals surface area contributed by atoms with E-state index in [9.17, 15) is 0 Å². The minimum atomic E-state index is 1.17. The van der Waals surface area contributed by atoms with E-state index in [2.05, 4.69) is 16.9 Å². The third-order valence-corrected chi connectivity index (χ3v) is 1.59. The molecule has 46 valence electrons. The van der Waals surface area contributed by atoms with E-state index < -0.39 is 0 Å². The summed E-state index contributed by atoms with van der Waals surface area (Å²) in [6.07, 6.45) is 2.45. The van der Waals surface area contributed by atoms with Gasteiger partial charge in [0.05, 0.1) is 5.84 Å². The molecule has 2 nitrogen and oxygen atoms in total. The van der Waals surface area contributed by atoms with E-state index in [-0.39, 0.29) is 0 Å². The van der Waals surface area contributed by atoms with Gasteiger partial charge in [-0.25, -0.2) is 0 Å². The molecule has 0 aromatic carbocycles. The SMILES string of the molecule is CN=C1CCCN1C. The highest BCUT2D eigenvalue weighted by molar-refractivity contribution is 5.83. The number of nitrogens with zero attached hydrogens (tertiary/aromatic N) is 2. The molecule has 0 atom stereocenters. The number of amidine groups is 1. The van der Waals surface area contributed by atoms with Crippen LogP contribution < -0.4 is 0 Å². The van der Waals surface area contributed by atoms with Crippen LogP contribution in [0.25, 0.3) is 0 Å². The average molecular weight is 112 g/mol. The van der Waals surface area contributed by atoms with Gasteiger partial charge < -0.3 is 4.90 Å². The fraction of sp³-hybridized carbons (Fsp3) is 0.833. The lowest BCUT2D eigenvalue weighted by atomic mass is 10.4. The molecule has 0 radical (unpaired) electrons.